The molecule has 4 nitrogen and oxygen atoms in total. The zero-order chi connectivity index (χ0) is 22.1. The number of nitrogens with one attached hydrogen (secondary N) is 1. The topological polar surface area (TPSA) is 37.3 Å². The minimum atomic E-state index is -0.329. The number of hydrogen-bond acceptors (Lipinski definition) is 1. The van der Waals surface area contributed by atoms with Crippen molar-refractivity contribution in [2.45, 2.75) is 19.1 Å². The van der Waals surface area contributed by atoms with Crippen molar-refractivity contribution in [2.75, 3.05) is 0 Å². The van der Waals surface area contributed by atoms with Crippen LogP contribution in [-0.2, 0) is 13.1 Å². The van der Waals surface area contributed by atoms with Crippen LogP contribution in [0.15, 0.2) is 91.1 Å². The van der Waals surface area contributed by atoms with E-state index in [1.54, 1.807) is 12.1 Å². The van der Waals surface area contributed by atoms with Crippen LogP contribution in [0.25, 0.3) is 5.69 Å². The fraction of sp³-hybridized carbons (Fsp3) is 0.115. The molecule has 2 amide bonds. The van der Waals surface area contributed by atoms with Crippen molar-refractivity contribution in [2.24, 2.45) is 0 Å². The van der Waals surface area contributed by atoms with Gasteiger partial charge in [0.25, 0.3) is 0 Å². The van der Waals surface area contributed by atoms with Gasteiger partial charge in [-0.15, -0.1) is 0 Å². The zero-order valence-electron chi connectivity index (χ0n) is 17.2. The lowest BCUT2D eigenvalue weighted by molar-refractivity contribution is 0.180. The fourth-order valence-corrected chi connectivity index (χ4v) is 4.45. The second-order valence-electron chi connectivity index (χ2n) is 7.80. The molecule has 0 radical (unpaired) electrons. The zero-order valence-corrected chi connectivity index (χ0v) is 18.0. The van der Waals surface area contributed by atoms with Crippen LogP contribution in [0.1, 0.15) is 28.4 Å². The maximum Gasteiger partial charge on any atom is 0.318 e. The minimum absolute atomic E-state index is 0.205. The quantitative estimate of drug-likeness (QED) is 0.407. The summed E-state index contributed by atoms with van der Waals surface area (Å²) < 4.78 is 15.4. The number of fused-ring (bicyclic) bond motifs is 3. The first-order valence-electron chi connectivity index (χ1n) is 10.4. The van der Waals surface area contributed by atoms with Gasteiger partial charge in [0.1, 0.15) is 5.82 Å². The first kappa shape index (κ1) is 20.3. The first-order valence-corrected chi connectivity index (χ1v) is 10.8. The van der Waals surface area contributed by atoms with Crippen LogP contribution in [-0.4, -0.2) is 15.5 Å². The molecule has 0 bridgehead atoms. The van der Waals surface area contributed by atoms with E-state index in [1.807, 2.05) is 65.7 Å². The Hall–Kier alpha value is -3.57. The van der Waals surface area contributed by atoms with Gasteiger partial charge in [-0.05, 0) is 59.2 Å². The molecule has 4 aromatic rings. The van der Waals surface area contributed by atoms with Crippen molar-refractivity contribution in [3.8, 4) is 5.69 Å². The number of nitrogens with zero attached hydrogens (tertiary/aromatic N) is 2. The Morgan fingerprint density at radius 3 is 2.62 bits per heavy atom. The summed E-state index contributed by atoms with van der Waals surface area (Å²) in [4.78, 5) is 15.3. The van der Waals surface area contributed by atoms with Gasteiger partial charge in [0.2, 0.25) is 0 Å². The summed E-state index contributed by atoms with van der Waals surface area (Å²) in [7, 11) is 0. The van der Waals surface area contributed by atoms with E-state index in [1.165, 1.54) is 12.1 Å². The third kappa shape index (κ3) is 3.87. The molecule has 5 rings (SSSR count). The van der Waals surface area contributed by atoms with E-state index in [-0.39, 0.29) is 17.9 Å². The second kappa shape index (κ2) is 8.52. The lowest BCUT2D eigenvalue weighted by atomic mass is 10.0. The summed E-state index contributed by atoms with van der Waals surface area (Å²) >= 11 is 6.32. The van der Waals surface area contributed by atoms with Gasteiger partial charge in [-0.2, -0.15) is 0 Å². The molecule has 2 heterocycles. The van der Waals surface area contributed by atoms with Crippen molar-refractivity contribution in [1.29, 1.82) is 0 Å². The highest BCUT2D eigenvalue weighted by Gasteiger charge is 2.32. The largest absolute Gasteiger partial charge is 0.334 e. The first-order chi connectivity index (χ1) is 15.6. The highest BCUT2D eigenvalue weighted by molar-refractivity contribution is 6.30. The predicted octanol–water partition coefficient (Wildman–Crippen LogP) is 6.08. The van der Waals surface area contributed by atoms with Gasteiger partial charge >= 0.3 is 6.03 Å². The van der Waals surface area contributed by atoms with Crippen LogP contribution in [0.5, 0.6) is 0 Å². The van der Waals surface area contributed by atoms with Crippen molar-refractivity contribution < 1.29 is 9.18 Å². The Bertz CT molecular complexity index is 1270. The number of carbonyl (C=O) groups is 1. The number of amides is 2. The fourth-order valence-electron chi connectivity index (χ4n) is 4.25. The van der Waals surface area contributed by atoms with Crippen LogP contribution in [0.2, 0.25) is 5.02 Å². The normalized spacial score (nSPS) is 14.9. The molecule has 0 spiro atoms. The number of rotatable bonds is 3. The summed E-state index contributed by atoms with van der Waals surface area (Å²) in [6.07, 6.45) is 2.02. The van der Waals surface area contributed by atoms with Crippen LogP contribution in [0, 0.1) is 5.82 Å². The monoisotopic (exact) mass is 445 g/mol. The molecular weight excluding hydrogens is 425 g/mol. The molecule has 1 aromatic heterocycles. The Labute approximate surface area is 190 Å². The summed E-state index contributed by atoms with van der Waals surface area (Å²) in [6, 6.07) is 25.3. The van der Waals surface area contributed by atoms with Crippen LogP contribution in [0.4, 0.5) is 9.18 Å². The third-order valence-electron chi connectivity index (χ3n) is 5.75. The molecule has 0 fully saturated rings. The van der Waals surface area contributed by atoms with E-state index in [0.29, 0.717) is 18.1 Å². The van der Waals surface area contributed by atoms with Gasteiger partial charge in [-0.3, -0.25) is 0 Å². The van der Waals surface area contributed by atoms with Gasteiger partial charge < -0.3 is 14.8 Å². The number of para-hydroxylation sites is 1. The van der Waals surface area contributed by atoms with Crippen molar-refractivity contribution in [3.05, 3.63) is 124 Å². The Balaban J connectivity index is 1.55. The molecular formula is C26H21ClFN3O. The van der Waals surface area contributed by atoms with Crippen LogP contribution < -0.4 is 5.32 Å². The van der Waals surface area contributed by atoms with Crippen molar-refractivity contribution >= 4 is 17.6 Å². The molecule has 1 atom stereocenters. The SMILES string of the molecule is O=C(NCc1ccc(F)cc1)N1Cc2ccccc2-n2cccc2[C@@H]1c1cccc(Cl)c1. The number of halogens is 2. The molecule has 32 heavy (non-hydrogen) atoms. The van der Waals surface area contributed by atoms with E-state index < -0.39 is 0 Å². The Kier molecular flexibility index (Phi) is 5.41. The van der Waals surface area contributed by atoms with E-state index in [0.717, 1.165) is 28.1 Å². The molecule has 0 aliphatic carbocycles. The van der Waals surface area contributed by atoms with E-state index >= 15 is 0 Å². The maximum absolute atomic E-state index is 13.5. The molecule has 0 saturated heterocycles. The summed E-state index contributed by atoms with van der Waals surface area (Å²) in [5, 5.41) is 3.63. The molecule has 1 N–H and O–H groups in total. The molecule has 1 aliphatic rings. The lowest BCUT2D eigenvalue weighted by Gasteiger charge is -2.31. The second-order valence-corrected chi connectivity index (χ2v) is 8.24. The molecule has 6 heteroatoms. The number of aromatic nitrogens is 1. The van der Waals surface area contributed by atoms with Gasteiger partial charge in [0.15, 0.2) is 0 Å². The van der Waals surface area contributed by atoms with Gasteiger partial charge in [0.05, 0.1) is 18.3 Å². The van der Waals surface area contributed by atoms with E-state index in [2.05, 4.69) is 16.0 Å². The summed E-state index contributed by atoms with van der Waals surface area (Å²) in [5.41, 5.74) is 4.84. The average molecular weight is 446 g/mol. The smallest absolute Gasteiger partial charge is 0.318 e. The minimum Gasteiger partial charge on any atom is -0.334 e. The van der Waals surface area contributed by atoms with E-state index in [4.69, 9.17) is 11.6 Å². The van der Waals surface area contributed by atoms with Crippen molar-refractivity contribution in [1.82, 2.24) is 14.8 Å². The predicted molar refractivity (Wildman–Crippen MR) is 123 cm³/mol. The van der Waals surface area contributed by atoms with E-state index in [9.17, 15) is 9.18 Å². The number of hydrogen-bond donors (Lipinski definition) is 1. The van der Waals surface area contributed by atoms with Gasteiger partial charge in [-0.1, -0.05) is 54.1 Å². The molecule has 0 unspecified atom stereocenters. The standard InChI is InChI=1S/C26H21ClFN3O/c27-21-7-3-6-19(15-21)25-24-9-4-14-30(24)23-8-2-1-5-20(23)17-31(25)26(32)29-16-18-10-12-22(28)13-11-18/h1-15,25H,16-17H2,(H,29,32)/t25-/m0/s1. The molecule has 0 saturated carbocycles. The van der Waals surface area contributed by atoms with Gasteiger partial charge in [0, 0.05) is 23.5 Å². The molecule has 3 aromatic carbocycles. The number of benzene rings is 3. The summed E-state index contributed by atoms with van der Waals surface area (Å²) in [6.45, 7) is 0.741. The average Bonchev–Trinajstić information content (AvgIpc) is 3.22. The van der Waals surface area contributed by atoms with Crippen molar-refractivity contribution in [3.63, 3.8) is 0 Å². The molecule has 1 aliphatic heterocycles. The lowest BCUT2D eigenvalue weighted by Crippen LogP contribution is -2.41. The van der Waals surface area contributed by atoms with Crippen LogP contribution in [0.3, 0.4) is 0 Å². The Morgan fingerprint density at radius 2 is 1.81 bits per heavy atom. The highest BCUT2D eigenvalue weighted by atomic mass is 35.5. The number of urea groups is 1. The summed E-state index contributed by atoms with van der Waals surface area (Å²) in [5.74, 6) is -0.300. The molecule has 160 valence electrons. The Morgan fingerprint density at radius 1 is 1.00 bits per heavy atom. The third-order valence-corrected chi connectivity index (χ3v) is 5.98. The van der Waals surface area contributed by atoms with Gasteiger partial charge in [-0.25, -0.2) is 9.18 Å². The highest BCUT2D eigenvalue weighted by Crippen LogP contribution is 2.37. The maximum atomic E-state index is 13.5. The van der Waals surface area contributed by atoms with Crippen LogP contribution >= 0.6 is 11.6 Å². The number of carbonyl (C=O) groups excluding carboxylic acids is 1.